The van der Waals surface area contributed by atoms with E-state index in [1.54, 1.807) is 0 Å². The number of hydrogen-bond donors (Lipinski definition) is 2. The van der Waals surface area contributed by atoms with Gasteiger partial charge in [-0.25, -0.2) is 0 Å². The number of nitrogens with zero attached hydrogens (tertiary/aromatic N) is 1. The summed E-state index contributed by atoms with van der Waals surface area (Å²) in [7, 11) is 0. The van der Waals surface area contributed by atoms with Crippen LogP contribution in [0.5, 0.6) is 0 Å². The maximum Gasteiger partial charge on any atom is 0.303 e. The molecule has 1 aliphatic rings. The van der Waals surface area contributed by atoms with Crippen LogP contribution >= 0.6 is 0 Å². The van der Waals surface area contributed by atoms with E-state index in [1.165, 1.54) is 6.92 Å². The minimum atomic E-state index is -0.796. The van der Waals surface area contributed by atoms with E-state index in [4.69, 9.17) is 11.7 Å². The van der Waals surface area contributed by atoms with Crippen LogP contribution in [0.15, 0.2) is 0 Å². The molecule has 5 nitrogen and oxygen atoms in total. The molecule has 0 aliphatic heterocycles. The molecule has 0 spiro atoms. The van der Waals surface area contributed by atoms with Crippen LogP contribution in [0.1, 0.15) is 39.5 Å². The Hall–Kier alpha value is -1.57. The molecule has 3 unspecified atom stereocenters. The number of carbonyl (C=O) groups is 2. The fraction of sp³-hybridized carbons (Fsp3) is 0.750. The van der Waals surface area contributed by atoms with Gasteiger partial charge in [0.15, 0.2) is 0 Å². The first kappa shape index (κ1) is 13.5. The van der Waals surface area contributed by atoms with Gasteiger partial charge < -0.3 is 10.4 Å². The standard InChI is InChI=1S/C12H18N2O3/c1-8(14-9(2)15)12(13-3)5-4-10(7-12)6-11(16)17/h3,8,10H,4-7H2,1-2H3,(H-,14,15,16,17)/p+1. The van der Waals surface area contributed by atoms with Crippen molar-refractivity contribution in [1.82, 2.24) is 5.32 Å². The van der Waals surface area contributed by atoms with Crippen LogP contribution in [0, 0.1) is 12.5 Å². The molecule has 1 aliphatic carbocycles. The molecular weight excluding hydrogens is 220 g/mol. The van der Waals surface area contributed by atoms with E-state index in [2.05, 4.69) is 10.2 Å². The highest BCUT2D eigenvalue weighted by atomic mass is 16.4. The molecule has 1 fully saturated rings. The topological polar surface area (TPSA) is 70.8 Å². The molecule has 0 radical (unpaired) electrons. The number of carboxylic acids is 1. The first-order valence-electron chi connectivity index (χ1n) is 5.80. The van der Waals surface area contributed by atoms with Gasteiger partial charge in [-0.1, -0.05) is 4.85 Å². The molecule has 5 heteroatoms. The third kappa shape index (κ3) is 3.19. The number of hydrogen-bond acceptors (Lipinski definition) is 2. The summed E-state index contributed by atoms with van der Waals surface area (Å²) < 4.78 is 0. The lowest BCUT2D eigenvalue weighted by molar-refractivity contribution is -0.138. The van der Waals surface area contributed by atoms with Gasteiger partial charge in [0.1, 0.15) is 6.04 Å². The van der Waals surface area contributed by atoms with Crippen molar-refractivity contribution in [2.75, 3.05) is 0 Å². The van der Waals surface area contributed by atoms with Crippen LogP contribution < -0.4 is 5.32 Å². The maximum absolute atomic E-state index is 11.0. The number of rotatable bonds is 4. The van der Waals surface area contributed by atoms with Crippen molar-refractivity contribution in [3.63, 3.8) is 0 Å². The Morgan fingerprint density at radius 2 is 2.29 bits per heavy atom. The van der Waals surface area contributed by atoms with Gasteiger partial charge in [-0.15, -0.1) is 0 Å². The predicted octanol–water partition coefficient (Wildman–Crippen LogP) is 1.49. The molecule has 0 saturated heterocycles. The minimum absolute atomic E-state index is 0.0935. The molecule has 0 aromatic carbocycles. The first-order valence-corrected chi connectivity index (χ1v) is 5.80. The molecule has 0 aromatic rings. The second-order valence-electron chi connectivity index (χ2n) is 4.86. The zero-order valence-electron chi connectivity index (χ0n) is 10.3. The van der Waals surface area contributed by atoms with E-state index in [0.29, 0.717) is 6.42 Å². The second-order valence-corrected chi connectivity index (χ2v) is 4.86. The van der Waals surface area contributed by atoms with Crippen LogP contribution in [-0.4, -0.2) is 28.6 Å². The third-order valence-electron chi connectivity index (χ3n) is 3.57. The quantitative estimate of drug-likeness (QED) is 0.780. The highest BCUT2D eigenvalue weighted by Crippen LogP contribution is 2.41. The third-order valence-corrected chi connectivity index (χ3v) is 3.57. The van der Waals surface area contributed by atoms with Crippen molar-refractivity contribution in [3.05, 3.63) is 4.85 Å². The van der Waals surface area contributed by atoms with Gasteiger partial charge in [0.05, 0.1) is 0 Å². The largest absolute Gasteiger partial charge is 0.481 e. The molecule has 17 heavy (non-hydrogen) atoms. The van der Waals surface area contributed by atoms with E-state index in [9.17, 15) is 9.59 Å². The Kier molecular flexibility index (Phi) is 4.11. The van der Waals surface area contributed by atoms with E-state index in [0.717, 1.165) is 12.8 Å². The highest BCUT2D eigenvalue weighted by molar-refractivity contribution is 5.73. The second kappa shape index (κ2) is 5.17. The van der Waals surface area contributed by atoms with E-state index in [-0.39, 0.29) is 24.3 Å². The summed E-state index contributed by atoms with van der Waals surface area (Å²) in [5, 5.41) is 11.6. The van der Waals surface area contributed by atoms with Crippen molar-refractivity contribution in [3.8, 4) is 6.57 Å². The van der Waals surface area contributed by atoms with E-state index < -0.39 is 11.5 Å². The average molecular weight is 239 g/mol. The molecule has 3 atom stereocenters. The molecule has 0 heterocycles. The highest BCUT2D eigenvalue weighted by Gasteiger charge is 2.53. The summed E-state index contributed by atoms with van der Waals surface area (Å²) in [6.45, 7) is 8.78. The number of carboxylic acid groups (broad SMARTS) is 1. The number of aliphatic carboxylic acids is 1. The first-order chi connectivity index (χ1) is 7.89. The molecule has 0 aromatic heterocycles. The summed E-state index contributed by atoms with van der Waals surface area (Å²) in [4.78, 5) is 25.6. The van der Waals surface area contributed by atoms with Gasteiger partial charge in [0.25, 0.3) is 12.1 Å². The Labute approximate surface area is 101 Å². The van der Waals surface area contributed by atoms with Crippen LogP contribution in [-0.2, 0) is 9.59 Å². The summed E-state index contributed by atoms with van der Waals surface area (Å²) in [5.74, 6) is -0.826. The number of carbonyl (C=O) groups excluding carboxylic acids is 1. The normalized spacial score (nSPS) is 29.4. The fourth-order valence-corrected chi connectivity index (χ4v) is 2.64. The van der Waals surface area contributed by atoms with Crippen LogP contribution in [0.3, 0.4) is 0 Å². The summed E-state index contributed by atoms with van der Waals surface area (Å²) in [5.41, 5.74) is -0.508. The number of nitrogens with one attached hydrogen (secondary N) is 1. The van der Waals surface area contributed by atoms with Crippen LogP contribution in [0.2, 0.25) is 0 Å². The van der Waals surface area contributed by atoms with Gasteiger partial charge in [-0.05, 0) is 19.3 Å². The lowest BCUT2D eigenvalue weighted by Crippen LogP contribution is -2.47. The molecular formula is C12H19N2O3+. The lowest BCUT2D eigenvalue weighted by atomic mass is 9.88. The monoisotopic (exact) mass is 239 g/mol. The van der Waals surface area contributed by atoms with Crippen molar-refractivity contribution in [2.45, 2.75) is 51.1 Å². The van der Waals surface area contributed by atoms with Gasteiger partial charge in [0.2, 0.25) is 5.91 Å². The lowest BCUT2D eigenvalue weighted by Gasteiger charge is -2.21. The zero-order chi connectivity index (χ0) is 13.1. The average Bonchev–Trinajstić information content (AvgIpc) is 2.60. The Morgan fingerprint density at radius 3 is 2.76 bits per heavy atom. The molecule has 0 bridgehead atoms. The molecule has 1 saturated carbocycles. The maximum atomic E-state index is 11.0. The van der Waals surface area contributed by atoms with Gasteiger partial charge >= 0.3 is 5.97 Å². The fourth-order valence-electron chi connectivity index (χ4n) is 2.64. The van der Waals surface area contributed by atoms with Crippen LogP contribution in [0.4, 0.5) is 0 Å². The Bertz CT molecular complexity index is 361. The van der Waals surface area contributed by atoms with E-state index >= 15 is 0 Å². The van der Waals surface area contributed by atoms with Crippen molar-refractivity contribution < 1.29 is 14.7 Å². The molecule has 2 N–H and O–H groups in total. The summed E-state index contributed by atoms with van der Waals surface area (Å²) >= 11 is 0. The van der Waals surface area contributed by atoms with Crippen LogP contribution in [0.25, 0.3) is 4.85 Å². The van der Waals surface area contributed by atoms with Crippen molar-refractivity contribution >= 4 is 11.9 Å². The SMILES string of the molecule is C#[N+]C1(C(C)NC(C)=O)CCC(CC(=O)O)C1. The minimum Gasteiger partial charge on any atom is -0.481 e. The summed E-state index contributed by atoms with van der Waals surface area (Å²) in [6.07, 6.45) is 2.28. The van der Waals surface area contributed by atoms with Crippen molar-refractivity contribution in [2.24, 2.45) is 5.92 Å². The Morgan fingerprint density at radius 1 is 1.65 bits per heavy atom. The number of amides is 1. The molecule has 1 amide bonds. The van der Waals surface area contributed by atoms with E-state index in [1.807, 2.05) is 6.92 Å². The van der Waals surface area contributed by atoms with Gasteiger partial charge in [-0.3, -0.25) is 9.59 Å². The molecule has 1 rings (SSSR count). The Balaban J connectivity index is 2.69. The van der Waals surface area contributed by atoms with Gasteiger partial charge in [0, 0.05) is 26.2 Å². The smallest absolute Gasteiger partial charge is 0.303 e. The molecule has 94 valence electrons. The van der Waals surface area contributed by atoms with Crippen molar-refractivity contribution in [1.29, 1.82) is 0 Å². The zero-order valence-corrected chi connectivity index (χ0v) is 10.3. The van der Waals surface area contributed by atoms with Gasteiger partial charge in [-0.2, -0.15) is 0 Å². The summed E-state index contributed by atoms with van der Waals surface area (Å²) in [6, 6.07) is -0.163. The predicted molar refractivity (Wildman–Crippen MR) is 63.9 cm³/mol.